The molecule has 1 unspecified atom stereocenters. The van der Waals surface area contributed by atoms with Crippen molar-refractivity contribution in [2.24, 2.45) is 5.73 Å². The second-order valence-corrected chi connectivity index (χ2v) is 6.66. The Balaban J connectivity index is 2.07. The molecule has 3 nitrogen and oxygen atoms in total. The van der Waals surface area contributed by atoms with Gasteiger partial charge in [0.25, 0.3) is 0 Å². The lowest BCUT2D eigenvalue weighted by Gasteiger charge is -2.29. The van der Waals surface area contributed by atoms with Gasteiger partial charge >= 0.3 is 0 Å². The molecule has 2 N–H and O–H groups in total. The molecule has 1 aliphatic rings. The van der Waals surface area contributed by atoms with Gasteiger partial charge in [-0.25, -0.2) is 0 Å². The van der Waals surface area contributed by atoms with Crippen LogP contribution in [-0.2, 0) is 0 Å². The first-order valence-corrected chi connectivity index (χ1v) is 8.32. The average Bonchev–Trinajstić information content (AvgIpc) is 2.85. The maximum Gasteiger partial charge on any atom is 0.0508 e. The standard InChI is InChI=1S/C16H26BrN3/c1-4-20-9-5-6-14(20)11-19(3)16-8-7-13(12(2)18)10-15(16)17/h7-8,10,12,14H,4-6,9,11,18H2,1-3H3/t12-,14?/m0/s1. The predicted molar refractivity (Wildman–Crippen MR) is 90.3 cm³/mol. The zero-order valence-electron chi connectivity index (χ0n) is 12.8. The molecule has 1 aliphatic heterocycles. The average molecular weight is 340 g/mol. The SMILES string of the molecule is CCN1CCCC1CN(C)c1ccc([C@H](C)N)cc1Br. The van der Waals surface area contributed by atoms with E-state index in [1.165, 1.54) is 30.6 Å². The van der Waals surface area contributed by atoms with Crippen LogP contribution in [0.5, 0.6) is 0 Å². The Labute approximate surface area is 131 Å². The third-order valence-corrected chi connectivity index (χ3v) is 4.93. The number of hydrogen-bond acceptors (Lipinski definition) is 3. The molecular formula is C16H26BrN3. The Morgan fingerprint density at radius 1 is 1.50 bits per heavy atom. The molecule has 0 amide bonds. The van der Waals surface area contributed by atoms with Crippen molar-refractivity contribution in [3.05, 3.63) is 28.2 Å². The second-order valence-electron chi connectivity index (χ2n) is 5.80. The van der Waals surface area contributed by atoms with E-state index in [1.807, 2.05) is 6.92 Å². The van der Waals surface area contributed by atoms with E-state index in [-0.39, 0.29) is 6.04 Å². The maximum absolute atomic E-state index is 5.94. The molecule has 0 spiro atoms. The Morgan fingerprint density at radius 2 is 2.25 bits per heavy atom. The van der Waals surface area contributed by atoms with Gasteiger partial charge in [0.1, 0.15) is 0 Å². The molecule has 112 valence electrons. The van der Waals surface area contributed by atoms with E-state index in [4.69, 9.17) is 5.73 Å². The van der Waals surface area contributed by atoms with Crippen molar-refractivity contribution in [3.63, 3.8) is 0 Å². The minimum absolute atomic E-state index is 0.0797. The van der Waals surface area contributed by atoms with Gasteiger partial charge in [-0.15, -0.1) is 0 Å². The number of nitrogens with zero attached hydrogens (tertiary/aromatic N) is 2. The lowest BCUT2D eigenvalue weighted by atomic mass is 10.1. The van der Waals surface area contributed by atoms with Crippen LogP contribution in [0.25, 0.3) is 0 Å². The molecule has 1 fully saturated rings. The molecular weight excluding hydrogens is 314 g/mol. The number of benzene rings is 1. The van der Waals surface area contributed by atoms with Gasteiger partial charge in [0.2, 0.25) is 0 Å². The minimum atomic E-state index is 0.0797. The van der Waals surface area contributed by atoms with Crippen LogP contribution in [0.1, 0.15) is 38.3 Å². The fraction of sp³-hybridized carbons (Fsp3) is 0.625. The van der Waals surface area contributed by atoms with E-state index in [2.05, 4.69) is 57.9 Å². The van der Waals surface area contributed by atoms with Crippen molar-refractivity contribution >= 4 is 21.6 Å². The summed E-state index contributed by atoms with van der Waals surface area (Å²) < 4.78 is 1.14. The van der Waals surface area contributed by atoms with Gasteiger partial charge in [0.05, 0.1) is 5.69 Å². The maximum atomic E-state index is 5.94. The fourth-order valence-electron chi connectivity index (χ4n) is 3.05. The Morgan fingerprint density at radius 3 is 2.85 bits per heavy atom. The van der Waals surface area contributed by atoms with Crippen LogP contribution in [0.4, 0.5) is 5.69 Å². The number of halogens is 1. The van der Waals surface area contributed by atoms with Crippen LogP contribution in [0.3, 0.4) is 0 Å². The zero-order chi connectivity index (χ0) is 14.7. The highest BCUT2D eigenvalue weighted by atomic mass is 79.9. The summed E-state index contributed by atoms with van der Waals surface area (Å²) in [5.41, 5.74) is 8.35. The van der Waals surface area contributed by atoms with Crippen LogP contribution < -0.4 is 10.6 Å². The van der Waals surface area contributed by atoms with E-state index in [0.717, 1.165) is 17.6 Å². The largest absolute Gasteiger partial charge is 0.372 e. The summed E-state index contributed by atoms with van der Waals surface area (Å²) >= 11 is 3.69. The molecule has 1 aromatic carbocycles. The Bertz CT molecular complexity index is 447. The summed E-state index contributed by atoms with van der Waals surface area (Å²) in [6, 6.07) is 7.21. The van der Waals surface area contributed by atoms with Gasteiger partial charge in [0.15, 0.2) is 0 Å². The monoisotopic (exact) mass is 339 g/mol. The highest BCUT2D eigenvalue weighted by Crippen LogP contribution is 2.29. The number of nitrogens with two attached hydrogens (primary N) is 1. The number of rotatable bonds is 5. The smallest absolute Gasteiger partial charge is 0.0508 e. The quantitative estimate of drug-likeness (QED) is 0.892. The first-order chi connectivity index (χ1) is 9.52. The summed E-state index contributed by atoms with van der Waals surface area (Å²) in [6.45, 7) is 7.77. The van der Waals surface area contributed by atoms with Gasteiger partial charge in [0, 0.05) is 30.1 Å². The molecule has 2 rings (SSSR count). The van der Waals surface area contributed by atoms with Crippen LogP contribution in [-0.4, -0.2) is 37.6 Å². The summed E-state index contributed by atoms with van der Waals surface area (Å²) in [7, 11) is 2.18. The van der Waals surface area contributed by atoms with Gasteiger partial charge in [-0.3, -0.25) is 4.90 Å². The van der Waals surface area contributed by atoms with Gasteiger partial charge < -0.3 is 10.6 Å². The lowest BCUT2D eigenvalue weighted by molar-refractivity contribution is 0.270. The van der Waals surface area contributed by atoms with Crippen molar-refractivity contribution in [3.8, 4) is 0 Å². The van der Waals surface area contributed by atoms with Crippen LogP contribution in [0.2, 0.25) is 0 Å². The molecule has 0 aromatic heterocycles. The van der Waals surface area contributed by atoms with Gasteiger partial charge in [-0.05, 0) is 66.5 Å². The van der Waals surface area contributed by atoms with Crippen LogP contribution >= 0.6 is 15.9 Å². The first kappa shape index (κ1) is 15.8. The molecule has 0 aliphatic carbocycles. The molecule has 1 aromatic rings. The van der Waals surface area contributed by atoms with Crippen molar-refractivity contribution in [1.29, 1.82) is 0 Å². The van der Waals surface area contributed by atoms with Gasteiger partial charge in [-0.1, -0.05) is 13.0 Å². The molecule has 1 saturated heterocycles. The fourth-order valence-corrected chi connectivity index (χ4v) is 3.75. The molecule has 0 saturated carbocycles. The predicted octanol–water partition coefficient (Wildman–Crippen LogP) is 3.39. The third-order valence-electron chi connectivity index (χ3n) is 4.30. The summed E-state index contributed by atoms with van der Waals surface area (Å²) in [4.78, 5) is 4.94. The van der Waals surface area contributed by atoms with Crippen LogP contribution in [0.15, 0.2) is 22.7 Å². The van der Waals surface area contributed by atoms with Crippen molar-refractivity contribution in [1.82, 2.24) is 4.90 Å². The number of hydrogen-bond donors (Lipinski definition) is 1. The van der Waals surface area contributed by atoms with E-state index >= 15 is 0 Å². The Hall–Kier alpha value is -0.580. The number of likely N-dealkylation sites (tertiary alicyclic amines) is 1. The van der Waals surface area contributed by atoms with Crippen molar-refractivity contribution in [2.75, 3.05) is 31.6 Å². The summed E-state index contributed by atoms with van der Waals surface area (Å²) in [5, 5.41) is 0. The minimum Gasteiger partial charge on any atom is -0.372 e. The number of likely N-dealkylation sites (N-methyl/N-ethyl adjacent to an activating group) is 2. The second kappa shape index (κ2) is 6.92. The lowest BCUT2D eigenvalue weighted by Crippen LogP contribution is -2.38. The van der Waals surface area contributed by atoms with E-state index < -0.39 is 0 Å². The normalized spacial score (nSPS) is 21.1. The molecule has 20 heavy (non-hydrogen) atoms. The van der Waals surface area contributed by atoms with E-state index in [9.17, 15) is 0 Å². The highest BCUT2D eigenvalue weighted by molar-refractivity contribution is 9.10. The summed E-state index contributed by atoms with van der Waals surface area (Å²) in [6.07, 6.45) is 2.64. The molecule has 0 bridgehead atoms. The first-order valence-electron chi connectivity index (χ1n) is 7.53. The Kier molecular flexibility index (Phi) is 5.47. The number of anilines is 1. The van der Waals surface area contributed by atoms with Crippen molar-refractivity contribution in [2.45, 2.75) is 38.8 Å². The van der Waals surface area contributed by atoms with E-state index in [0.29, 0.717) is 6.04 Å². The zero-order valence-corrected chi connectivity index (χ0v) is 14.4. The molecule has 2 atom stereocenters. The topological polar surface area (TPSA) is 32.5 Å². The van der Waals surface area contributed by atoms with Crippen LogP contribution in [0, 0.1) is 0 Å². The highest BCUT2D eigenvalue weighted by Gasteiger charge is 2.24. The summed E-state index contributed by atoms with van der Waals surface area (Å²) in [5.74, 6) is 0. The molecule has 4 heteroatoms. The van der Waals surface area contributed by atoms with Gasteiger partial charge in [-0.2, -0.15) is 0 Å². The molecule has 0 radical (unpaired) electrons. The van der Waals surface area contributed by atoms with E-state index in [1.54, 1.807) is 0 Å². The van der Waals surface area contributed by atoms with Crippen molar-refractivity contribution < 1.29 is 0 Å². The molecule has 1 heterocycles. The third kappa shape index (κ3) is 3.54.